The zero-order valence-corrected chi connectivity index (χ0v) is 16.9. The number of rotatable bonds is 6. The molecule has 2 aromatic rings. The van der Waals surface area contributed by atoms with E-state index in [4.69, 9.17) is 0 Å². The van der Waals surface area contributed by atoms with Gasteiger partial charge in [0.1, 0.15) is 5.82 Å². The van der Waals surface area contributed by atoms with Crippen molar-refractivity contribution in [1.29, 1.82) is 0 Å². The van der Waals surface area contributed by atoms with Gasteiger partial charge in [-0.05, 0) is 48.2 Å². The third-order valence-corrected chi connectivity index (χ3v) is 4.86. The van der Waals surface area contributed by atoms with Crippen LogP contribution in [0.25, 0.3) is 6.08 Å². The first-order valence-electron chi connectivity index (χ1n) is 10.1. The van der Waals surface area contributed by atoms with E-state index in [-0.39, 0.29) is 11.8 Å². The van der Waals surface area contributed by atoms with Gasteiger partial charge in [-0.15, -0.1) is 0 Å². The summed E-state index contributed by atoms with van der Waals surface area (Å²) in [4.78, 5) is 30.0. The van der Waals surface area contributed by atoms with Gasteiger partial charge in [-0.25, -0.2) is 4.98 Å². The Balaban J connectivity index is 1.47. The van der Waals surface area contributed by atoms with Crippen molar-refractivity contribution in [3.8, 4) is 0 Å². The second-order valence-corrected chi connectivity index (χ2v) is 7.28. The maximum Gasteiger partial charge on any atom is 0.244 e. The Bertz CT molecular complexity index is 836. The van der Waals surface area contributed by atoms with E-state index in [0.29, 0.717) is 6.54 Å². The monoisotopic (exact) mass is 392 g/mol. The molecule has 0 bridgehead atoms. The molecule has 2 amide bonds. The minimum Gasteiger partial charge on any atom is -0.357 e. The lowest BCUT2D eigenvalue weighted by molar-refractivity contribution is -0.116. The zero-order valence-electron chi connectivity index (χ0n) is 16.9. The van der Waals surface area contributed by atoms with E-state index in [0.717, 1.165) is 35.7 Å². The van der Waals surface area contributed by atoms with Crippen LogP contribution in [0.5, 0.6) is 0 Å². The molecule has 2 N–H and O–H groups in total. The van der Waals surface area contributed by atoms with Gasteiger partial charge >= 0.3 is 0 Å². The van der Waals surface area contributed by atoms with Gasteiger partial charge < -0.3 is 15.5 Å². The summed E-state index contributed by atoms with van der Waals surface area (Å²) in [5.41, 5.74) is 2.60. The standard InChI is InChI=1S/C23H28N4O2/c1-18(28)26-21-10-6-19(7-11-21)9-13-23(29)25-17-20-8-12-22(24-16-20)27-14-4-2-3-5-15-27/h6-13,16H,2-5,14-15,17H2,1H3,(H,25,29)(H,26,28)/b13-9+. The minimum atomic E-state index is -0.160. The largest absolute Gasteiger partial charge is 0.357 e. The number of nitrogens with zero attached hydrogens (tertiary/aromatic N) is 2. The SMILES string of the molecule is CC(=O)Nc1ccc(/C=C/C(=O)NCc2ccc(N3CCCCCC3)nc2)cc1. The fourth-order valence-corrected chi connectivity index (χ4v) is 3.31. The van der Waals surface area contributed by atoms with Gasteiger partial charge in [-0.3, -0.25) is 9.59 Å². The van der Waals surface area contributed by atoms with E-state index in [9.17, 15) is 9.59 Å². The predicted molar refractivity (Wildman–Crippen MR) is 117 cm³/mol. The molecule has 1 aromatic carbocycles. The summed E-state index contributed by atoms with van der Waals surface area (Å²) in [7, 11) is 0. The highest BCUT2D eigenvalue weighted by atomic mass is 16.2. The molecule has 0 spiro atoms. The average molecular weight is 393 g/mol. The third kappa shape index (κ3) is 6.75. The van der Waals surface area contributed by atoms with Crippen LogP contribution < -0.4 is 15.5 Å². The number of pyridine rings is 1. The highest BCUT2D eigenvalue weighted by Crippen LogP contribution is 2.17. The number of hydrogen-bond acceptors (Lipinski definition) is 4. The van der Waals surface area contributed by atoms with Crippen LogP contribution in [0.3, 0.4) is 0 Å². The van der Waals surface area contributed by atoms with Gasteiger partial charge in [-0.2, -0.15) is 0 Å². The van der Waals surface area contributed by atoms with Crippen molar-refractivity contribution >= 4 is 29.4 Å². The molecule has 2 heterocycles. The van der Waals surface area contributed by atoms with E-state index in [1.165, 1.54) is 38.7 Å². The van der Waals surface area contributed by atoms with E-state index in [1.807, 2.05) is 30.5 Å². The highest BCUT2D eigenvalue weighted by Gasteiger charge is 2.10. The molecule has 152 valence electrons. The van der Waals surface area contributed by atoms with Crippen molar-refractivity contribution in [2.24, 2.45) is 0 Å². The minimum absolute atomic E-state index is 0.110. The first-order valence-corrected chi connectivity index (χ1v) is 10.1. The molecule has 1 aliphatic rings. The highest BCUT2D eigenvalue weighted by molar-refractivity contribution is 5.92. The van der Waals surface area contributed by atoms with Crippen LogP contribution in [-0.4, -0.2) is 29.9 Å². The molecule has 3 rings (SSSR count). The first kappa shape index (κ1) is 20.6. The van der Waals surface area contributed by atoms with Crippen LogP contribution in [0.4, 0.5) is 11.5 Å². The number of nitrogens with one attached hydrogen (secondary N) is 2. The smallest absolute Gasteiger partial charge is 0.244 e. The van der Waals surface area contributed by atoms with E-state index in [2.05, 4.69) is 20.5 Å². The van der Waals surface area contributed by atoms with Crippen molar-refractivity contribution in [3.63, 3.8) is 0 Å². The fourth-order valence-electron chi connectivity index (χ4n) is 3.31. The summed E-state index contributed by atoms with van der Waals surface area (Å²) in [6.45, 7) is 4.05. The number of benzene rings is 1. The van der Waals surface area contributed by atoms with Crippen LogP contribution in [-0.2, 0) is 16.1 Å². The maximum atomic E-state index is 12.1. The van der Waals surface area contributed by atoms with Gasteiger partial charge in [0.2, 0.25) is 11.8 Å². The molecule has 1 aliphatic heterocycles. The summed E-state index contributed by atoms with van der Waals surface area (Å²) in [6.07, 6.45) is 10.1. The molecular formula is C23H28N4O2. The second-order valence-electron chi connectivity index (χ2n) is 7.28. The van der Waals surface area contributed by atoms with Gasteiger partial charge in [0, 0.05) is 44.5 Å². The molecule has 0 unspecified atom stereocenters. The van der Waals surface area contributed by atoms with Gasteiger partial charge in [0.05, 0.1) is 0 Å². The number of carbonyl (C=O) groups is 2. The molecule has 0 atom stereocenters. The van der Waals surface area contributed by atoms with Crippen LogP contribution in [0.2, 0.25) is 0 Å². The van der Waals surface area contributed by atoms with Gasteiger partial charge in [-0.1, -0.05) is 31.0 Å². The van der Waals surface area contributed by atoms with E-state index < -0.39 is 0 Å². The fraction of sp³-hybridized carbons (Fsp3) is 0.348. The lowest BCUT2D eigenvalue weighted by Gasteiger charge is -2.21. The Morgan fingerprint density at radius 1 is 1.03 bits per heavy atom. The number of aromatic nitrogens is 1. The quantitative estimate of drug-likeness (QED) is 0.734. The molecule has 6 nitrogen and oxygen atoms in total. The van der Waals surface area contributed by atoms with Crippen molar-refractivity contribution in [2.75, 3.05) is 23.3 Å². The lowest BCUT2D eigenvalue weighted by atomic mass is 10.2. The summed E-state index contributed by atoms with van der Waals surface area (Å²) >= 11 is 0. The van der Waals surface area contributed by atoms with Gasteiger partial charge in [0.25, 0.3) is 0 Å². The Labute approximate surface area is 172 Å². The lowest BCUT2D eigenvalue weighted by Crippen LogP contribution is -2.25. The first-order chi connectivity index (χ1) is 14.1. The molecular weight excluding hydrogens is 364 g/mol. The van der Waals surface area contributed by atoms with Crippen molar-refractivity contribution in [3.05, 3.63) is 59.8 Å². The second kappa shape index (κ2) is 10.4. The molecule has 1 aromatic heterocycles. The van der Waals surface area contributed by atoms with Crippen LogP contribution >= 0.6 is 0 Å². The van der Waals surface area contributed by atoms with Crippen molar-refractivity contribution < 1.29 is 9.59 Å². The summed E-state index contributed by atoms with van der Waals surface area (Å²) in [5.74, 6) is 0.749. The van der Waals surface area contributed by atoms with Gasteiger partial charge in [0.15, 0.2) is 0 Å². The number of anilines is 2. The molecule has 1 fully saturated rings. The molecule has 0 aliphatic carbocycles. The third-order valence-electron chi connectivity index (χ3n) is 4.86. The Hall–Kier alpha value is -3.15. The van der Waals surface area contributed by atoms with Crippen LogP contribution in [0.15, 0.2) is 48.7 Å². The van der Waals surface area contributed by atoms with Crippen LogP contribution in [0, 0.1) is 0 Å². The summed E-state index contributed by atoms with van der Waals surface area (Å²) in [5, 5.41) is 5.59. The van der Waals surface area contributed by atoms with E-state index in [1.54, 1.807) is 18.2 Å². The Kier molecular flexibility index (Phi) is 7.39. The van der Waals surface area contributed by atoms with Crippen molar-refractivity contribution in [2.45, 2.75) is 39.2 Å². The topological polar surface area (TPSA) is 74.3 Å². The Morgan fingerprint density at radius 3 is 2.38 bits per heavy atom. The predicted octanol–water partition coefficient (Wildman–Crippen LogP) is 3.75. The summed E-state index contributed by atoms with van der Waals surface area (Å²) < 4.78 is 0. The zero-order chi connectivity index (χ0) is 20.5. The number of amides is 2. The maximum absolute atomic E-state index is 12.1. The average Bonchev–Trinajstić information content (AvgIpc) is 3.01. The van der Waals surface area contributed by atoms with Crippen LogP contribution in [0.1, 0.15) is 43.7 Å². The molecule has 1 saturated heterocycles. The normalized spacial score (nSPS) is 14.4. The number of carbonyl (C=O) groups excluding carboxylic acids is 2. The molecule has 0 radical (unpaired) electrons. The van der Waals surface area contributed by atoms with Crippen molar-refractivity contribution in [1.82, 2.24) is 10.3 Å². The van der Waals surface area contributed by atoms with E-state index >= 15 is 0 Å². The number of hydrogen-bond donors (Lipinski definition) is 2. The molecule has 0 saturated carbocycles. The molecule has 6 heteroatoms. The summed E-state index contributed by atoms with van der Waals surface area (Å²) in [6, 6.07) is 11.4. The molecule has 29 heavy (non-hydrogen) atoms. The Morgan fingerprint density at radius 2 is 1.76 bits per heavy atom.